The van der Waals surface area contributed by atoms with E-state index in [4.69, 9.17) is 5.11 Å². The van der Waals surface area contributed by atoms with E-state index in [1.807, 2.05) is 43.7 Å². The third-order valence-corrected chi connectivity index (χ3v) is 2.58. The fourth-order valence-electron chi connectivity index (χ4n) is 1.72. The highest BCUT2D eigenvalue weighted by Gasteiger charge is 2.06. The SMILES string of the molecule is Cc1cc(C)n(-c2ccc(CO)c(C)n2)n1. The van der Waals surface area contributed by atoms with Crippen molar-refractivity contribution in [2.24, 2.45) is 0 Å². The summed E-state index contributed by atoms with van der Waals surface area (Å²) in [4.78, 5) is 4.43. The number of hydrogen-bond donors (Lipinski definition) is 1. The number of hydrogen-bond acceptors (Lipinski definition) is 3. The quantitative estimate of drug-likeness (QED) is 0.832. The van der Waals surface area contributed by atoms with Gasteiger partial charge >= 0.3 is 0 Å². The Morgan fingerprint density at radius 2 is 2.00 bits per heavy atom. The first-order chi connectivity index (χ1) is 7.61. The molecule has 0 saturated heterocycles. The van der Waals surface area contributed by atoms with E-state index >= 15 is 0 Å². The van der Waals surface area contributed by atoms with Gasteiger partial charge in [-0.3, -0.25) is 0 Å². The van der Waals surface area contributed by atoms with Crippen LogP contribution in [0.4, 0.5) is 0 Å². The Balaban J connectivity index is 2.49. The lowest BCUT2D eigenvalue weighted by Crippen LogP contribution is -2.04. The number of aryl methyl sites for hydroxylation is 3. The standard InChI is InChI=1S/C12H15N3O/c1-8-6-9(2)15(14-8)12-5-4-11(7-16)10(3)13-12/h4-6,16H,7H2,1-3H3. The van der Waals surface area contributed by atoms with Gasteiger partial charge in [0.2, 0.25) is 0 Å². The van der Waals surface area contributed by atoms with Crippen LogP contribution < -0.4 is 0 Å². The van der Waals surface area contributed by atoms with Crippen LogP contribution in [-0.4, -0.2) is 19.9 Å². The van der Waals surface area contributed by atoms with E-state index in [1.54, 1.807) is 0 Å². The Kier molecular flexibility index (Phi) is 2.75. The van der Waals surface area contributed by atoms with E-state index in [-0.39, 0.29) is 6.61 Å². The van der Waals surface area contributed by atoms with Crippen molar-refractivity contribution in [2.45, 2.75) is 27.4 Å². The molecule has 0 fully saturated rings. The molecule has 0 aliphatic carbocycles. The van der Waals surface area contributed by atoms with Crippen LogP contribution in [0.15, 0.2) is 18.2 Å². The maximum Gasteiger partial charge on any atom is 0.153 e. The molecule has 4 heteroatoms. The fraction of sp³-hybridized carbons (Fsp3) is 0.333. The lowest BCUT2D eigenvalue weighted by atomic mass is 10.2. The number of pyridine rings is 1. The summed E-state index contributed by atoms with van der Waals surface area (Å²) in [7, 11) is 0. The maximum atomic E-state index is 9.08. The molecule has 2 rings (SSSR count). The normalized spacial score (nSPS) is 10.8. The summed E-state index contributed by atoms with van der Waals surface area (Å²) in [5.41, 5.74) is 3.72. The highest BCUT2D eigenvalue weighted by atomic mass is 16.3. The zero-order chi connectivity index (χ0) is 11.7. The minimum Gasteiger partial charge on any atom is -0.392 e. The third-order valence-electron chi connectivity index (χ3n) is 2.58. The van der Waals surface area contributed by atoms with Gasteiger partial charge in [-0.1, -0.05) is 6.07 Å². The van der Waals surface area contributed by atoms with E-state index in [0.717, 1.165) is 28.5 Å². The zero-order valence-corrected chi connectivity index (χ0v) is 9.73. The molecule has 84 valence electrons. The molecule has 0 radical (unpaired) electrons. The van der Waals surface area contributed by atoms with Gasteiger partial charge in [-0.2, -0.15) is 5.10 Å². The smallest absolute Gasteiger partial charge is 0.153 e. The summed E-state index contributed by atoms with van der Waals surface area (Å²) in [5, 5.41) is 13.4. The van der Waals surface area contributed by atoms with Crippen molar-refractivity contribution >= 4 is 0 Å². The first-order valence-corrected chi connectivity index (χ1v) is 5.23. The second kappa shape index (κ2) is 4.06. The lowest BCUT2D eigenvalue weighted by Gasteiger charge is -2.06. The van der Waals surface area contributed by atoms with Crippen molar-refractivity contribution in [3.05, 3.63) is 40.8 Å². The van der Waals surface area contributed by atoms with Gasteiger partial charge in [0.1, 0.15) is 0 Å². The number of rotatable bonds is 2. The van der Waals surface area contributed by atoms with Crippen LogP contribution >= 0.6 is 0 Å². The molecule has 0 aliphatic rings. The Labute approximate surface area is 94.6 Å². The highest BCUT2D eigenvalue weighted by Crippen LogP contribution is 2.13. The first kappa shape index (κ1) is 10.8. The molecule has 0 aromatic carbocycles. The molecule has 16 heavy (non-hydrogen) atoms. The Morgan fingerprint density at radius 1 is 1.25 bits per heavy atom. The monoisotopic (exact) mass is 217 g/mol. The molecule has 0 unspecified atom stereocenters. The van der Waals surface area contributed by atoms with Gasteiger partial charge in [-0.05, 0) is 38.5 Å². The third kappa shape index (κ3) is 1.84. The lowest BCUT2D eigenvalue weighted by molar-refractivity contribution is 0.280. The molecule has 2 aromatic rings. The van der Waals surface area contributed by atoms with Crippen LogP contribution in [0.1, 0.15) is 22.6 Å². The largest absolute Gasteiger partial charge is 0.392 e. The molecule has 0 spiro atoms. The summed E-state index contributed by atoms with van der Waals surface area (Å²) in [6, 6.07) is 5.77. The van der Waals surface area contributed by atoms with Crippen LogP contribution in [-0.2, 0) is 6.61 Å². The minimum atomic E-state index is 0.0240. The van der Waals surface area contributed by atoms with E-state index in [1.165, 1.54) is 0 Å². The van der Waals surface area contributed by atoms with Crippen LogP contribution in [0.25, 0.3) is 5.82 Å². The van der Waals surface area contributed by atoms with E-state index in [9.17, 15) is 0 Å². The number of nitrogens with zero attached hydrogens (tertiary/aromatic N) is 3. The molecule has 0 bridgehead atoms. The van der Waals surface area contributed by atoms with Crippen LogP contribution in [0, 0.1) is 20.8 Å². The number of aromatic nitrogens is 3. The van der Waals surface area contributed by atoms with Gasteiger partial charge < -0.3 is 5.11 Å². The molecule has 0 aliphatic heterocycles. The molecule has 2 heterocycles. The van der Waals surface area contributed by atoms with Crippen molar-refractivity contribution in [3.8, 4) is 5.82 Å². The fourth-order valence-corrected chi connectivity index (χ4v) is 1.72. The van der Waals surface area contributed by atoms with Crippen molar-refractivity contribution in [1.29, 1.82) is 0 Å². The first-order valence-electron chi connectivity index (χ1n) is 5.23. The van der Waals surface area contributed by atoms with E-state index < -0.39 is 0 Å². The molecule has 2 aromatic heterocycles. The summed E-state index contributed by atoms with van der Waals surface area (Å²) in [5.74, 6) is 0.792. The highest BCUT2D eigenvalue weighted by molar-refractivity contribution is 5.31. The summed E-state index contributed by atoms with van der Waals surface area (Å²) in [6.07, 6.45) is 0. The predicted molar refractivity (Wildman–Crippen MR) is 61.5 cm³/mol. The predicted octanol–water partition coefficient (Wildman–Crippen LogP) is 1.68. The van der Waals surface area contributed by atoms with Crippen LogP contribution in [0.5, 0.6) is 0 Å². The van der Waals surface area contributed by atoms with E-state index in [0.29, 0.717) is 0 Å². The van der Waals surface area contributed by atoms with Gasteiger partial charge in [0.15, 0.2) is 5.82 Å². The topological polar surface area (TPSA) is 50.9 Å². The average molecular weight is 217 g/mol. The van der Waals surface area contributed by atoms with Gasteiger partial charge in [0.25, 0.3) is 0 Å². The van der Waals surface area contributed by atoms with E-state index in [2.05, 4.69) is 10.1 Å². The minimum absolute atomic E-state index is 0.0240. The van der Waals surface area contributed by atoms with Gasteiger partial charge in [-0.25, -0.2) is 9.67 Å². The number of aliphatic hydroxyl groups is 1. The van der Waals surface area contributed by atoms with Crippen molar-refractivity contribution < 1.29 is 5.11 Å². The molecule has 1 N–H and O–H groups in total. The van der Waals surface area contributed by atoms with Gasteiger partial charge in [0.05, 0.1) is 12.3 Å². The Morgan fingerprint density at radius 3 is 2.50 bits per heavy atom. The molecular formula is C12H15N3O. The summed E-state index contributed by atoms with van der Waals surface area (Å²) >= 11 is 0. The molecule has 0 atom stereocenters. The maximum absolute atomic E-state index is 9.08. The van der Waals surface area contributed by atoms with Crippen LogP contribution in [0.3, 0.4) is 0 Å². The Hall–Kier alpha value is -1.68. The van der Waals surface area contributed by atoms with Gasteiger partial charge in [-0.15, -0.1) is 0 Å². The zero-order valence-electron chi connectivity index (χ0n) is 9.73. The van der Waals surface area contributed by atoms with Crippen molar-refractivity contribution in [1.82, 2.24) is 14.8 Å². The molecule has 0 amide bonds. The summed E-state index contributed by atoms with van der Waals surface area (Å²) < 4.78 is 1.81. The second-order valence-corrected chi connectivity index (χ2v) is 3.91. The van der Waals surface area contributed by atoms with Crippen molar-refractivity contribution in [3.63, 3.8) is 0 Å². The van der Waals surface area contributed by atoms with Crippen molar-refractivity contribution in [2.75, 3.05) is 0 Å². The summed E-state index contributed by atoms with van der Waals surface area (Å²) in [6.45, 7) is 5.87. The Bertz CT molecular complexity index is 517. The molecular weight excluding hydrogens is 202 g/mol. The average Bonchev–Trinajstić information content (AvgIpc) is 2.58. The second-order valence-electron chi connectivity index (χ2n) is 3.91. The van der Waals surface area contributed by atoms with Gasteiger partial charge in [0, 0.05) is 11.4 Å². The molecule has 4 nitrogen and oxygen atoms in total. The number of aliphatic hydroxyl groups excluding tert-OH is 1. The van der Waals surface area contributed by atoms with Crippen LogP contribution in [0.2, 0.25) is 0 Å². The molecule has 0 saturated carbocycles.